The molecule has 0 atom stereocenters. The fourth-order valence-electron chi connectivity index (χ4n) is 2.80. The number of imidazole rings is 1. The number of rotatable bonds is 5. The van der Waals surface area contributed by atoms with Gasteiger partial charge in [-0.2, -0.15) is 0 Å². The Morgan fingerprint density at radius 2 is 1.67 bits per heavy atom. The molecule has 4 heteroatoms. The molecular formula is C17H24N4. The quantitative estimate of drug-likeness (QED) is 0.839. The molecule has 4 nitrogen and oxygen atoms in total. The number of nitrogens with zero attached hydrogens (tertiary/aromatic N) is 4. The van der Waals surface area contributed by atoms with Crippen molar-refractivity contribution in [2.24, 2.45) is 0 Å². The first-order valence-corrected chi connectivity index (χ1v) is 7.75. The van der Waals surface area contributed by atoms with Crippen molar-refractivity contribution >= 4 is 0 Å². The minimum Gasteiger partial charge on any atom is -0.336 e. The van der Waals surface area contributed by atoms with Crippen LogP contribution < -0.4 is 0 Å². The molecule has 21 heavy (non-hydrogen) atoms. The molecule has 1 fully saturated rings. The molecule has 1 aliphatic heterocycles. The number of hydrogen-bond donors (Lipinski definition) is 0. The molecule has 112 valence electrons. The molecule has 1 aromatic carbocycles. The minimum absolute atomic E-state index is 1.04. The lowest BCUT2D eigenvalue weighted by Gasteiger charge is -2.34. The third kappa shape index (κ3) is 4.16. The number of benzene rings is 1. The van der Waals surface area contributed by atoms with Crippen LogP contribution in [0.3, 0.4) is 0 Å². The Morgan fingerprint density at radius 3 is 2.33 bits per heavy atom. The van der Waals surface area contributed by atoms with Crippen molar-refractivity contribution in [3.8, 4) is 0 Å². The van der Waals surface area contributed by atoms with Gasteiger partial charge in [-0.1, -0.05) is 29.8 Å². The molecule has 3 rings (SSSR count). The summed E-state index contributed by atoms with van der Waals surface area (Å²) in [6.45, 7) is 10.0. The Morgan fingerprint density at radius 1 is 0.952 bits per heavy atom. The lowest BCUT2D eigenvalue weighted by molar-refractivity contribution is 0.124. The zero-order valence-electron chi connectivity index (χ0n) is 12.8. The van der Waals surface area contributed by atoms with E-state index in [1.54, 1.807) is 0 Å². The van der Waals surface area contributed by atoms with Crippen molar-refractivity contribution in [3.63, 3.8) is 0 Å². The van der Waals surface area contributed by atoms with Gasteiger partial charge in [-0.05, 0) is 12.5 Å². The van der Waals surface area contributed by atoms with E-state index < -0.39 is 0 Å². The first kappa shape index (κ1) is 14.3. The second-order valence-corrected chi connectivity index (χ2v) is 5.90. The number of piperazine rings is 1. The average Bonchev–Trinajstić information content (AvgIpc) is 3.02. The lowest BCUT2D eigenvalue weighted by atomic mass is 10.1. The Bertz CT molecular complexity index is 524. The molecule has 0 spiro atoms. The molecule has 0 bridgehead atoms. The van der Waals surface area contributed by atoms with Crippen LogP contribution in [0, 0.1) is 6.92 Å². The number of aryl methyl sites for hydroxylation is 1. The van der Waals surface area contributed by atoms with Crippen LogP contribution in [0.1, 0.15) is 11.1 Å². The molecule has 0 aliphatic carbocycles. The molecule has 1 aliphatic rings. The van der Waals surface area contributed by atoms with Crippen LogP contribution >= 0.6 is 0 Å². The van der Waals surface area contributed by atoms with E-state index in [4.69, 9.17) is 0 Å². The Labute approximate surface area is 127 Å². The van der Waals surface area contributed by atoms with E-state index in [0.717, 1.165) is 32.7 Å². The summed E-state index contributed by atoms with van der Waals surface area (Å²) in [7, 11) is 0. The van der Waals surface area contributed by atoms with Gasteiger partial charge in [-0.15, -0.1) is 0 Å². The van der Waals surface area contributed by atoms with Gasteiger partial charge < -0.3 is 4.57 Å². The van der Waals surface area contributed by atoms with Gasteiger partial charge in [0.25, 0.3) is 0 Å². The monoisotopic (exact) mass is 284 g/mol. The lowest BCUT2D eigenvalue weighted by Crippen LogP contribution is -2.46. The highest BCUT2D eigenvalue weighted by Crippen LogP contribution is 2.09. The van der Waals surface area contributed by atoms with Crippen LogP contribution in [0.5, 0.6) is 0 Å². The largest absolute Gasteiger partial charge is 0.336 e. The van der Waals surface area contributed by atoms with Crippen LogP contribution in [0.25, 0.3) is 0 Å². The highest BCUT2D eigenvalue weighted by Gasteiger charge is 2.16. The number of hydrogen-bond acceptors (Lipinski definition) is 3. The summed E-state index contributed by atoms with van der Waals surface area (Å²) in [6, 6.07) is 8.91. The Hall–Kier alpha value is -1.65. The van der Waals surface area contributed by atoms with Gasteiger partial charge in [0.05, 0.1) is 6.33 Å². The van der Waals surface area contributed by atoms with Crippen LogP contribution in [0.4, 0.5) is 0 Å². The molecule has 0 unspecified atom stereocenters. The maximum Gasteiger partial charge on any atom is 0.0946 e. The van der Waals surface area contributed by atoms with Gasteiger partial charge in [0.15, 0.2) is 0 Å². The molecule has 1 aromatic heterocycles. The van der Waals surface area contributed by atoms with Crippen molar-refractivity contribution < 1.29 is 0 Å². The second-order valence-electron chi connectivity index (χ2n) is 5.90. The van der Waals surface area contributed by atoms with Gasteiger partial charge >= 0.3 is 0 Å². The van der Waals surface area contributed by atoms with E-state index in [0.29, 0.717) is 0 Å². The SMILES string of the molecule is Cc1ccc(CN2CCN(CCn3ccnc3)CC2)cc1. The number of aromatic nitrogens is 2. The summed E-state index contributed by atoms with van der Waals surface area (Å²) in [5.41, 5.74) is 2.76. The van der Waals surface area contributed by atoms with Gasteiger partial charge in [-0.25, -0.2) is 4.98 Å². The fourth-order valence-corrected chi connectivity index (χ4v) is 2.80. The van der Waals surface area contributed by atoms with Crippen molar-refractivity contribution in [1.82, 2.24) is 19.4 Å². The van der Waals surface area contributed by atoms with Gasteiger partial charge in [0.1, 0.15) is 0 Å². The maximum atomic E-state index is 4.09. The molecule has 2 heterocycles. The van der Waals surface area contributed by atoms with E-state index in [-0.39, 0.29) is 0 Å². The third-order valence-corrected chi connectivity index (χ3v) is 4.23. The van der Waals surface area contributed by atoms with Crippen LogP contribution in [0.2, 0.25) is 0 Å². The molecule has 0 saturated carbocycles. The van der Waals surface area contributed by atoms with Gasteiger partial charge in [0.2, 0.25) is 0 Å². The normalized spacial score (nSPS) is 17.2. The molecular weight excluding hydrogens is 260 g/mol. The zero-order valence-corrected chi connectivity index (χ0v) is 12.8. The first-order valence-electron chi connectivity index (χ1n) is 7.75. The van der Waals surface area contributed by atoms with Crippen molar-refractivity contribution in [3.05, 3.63) is 54.1 Å². The third-order valence-electron chi connectivity index (χ3n) is 4.23. The summed E-state index contributed by atoms with van der Waals surface area (Å²) >= 11 is 0. The topological polar surface area (TPSA) is 24.3 Å². The second kappa shape index (κ2) is 6.87. The van der Waals surface area contributed by atoms with E-state index in [1.807, 2.05) is 18.7 Å². The van der Waals surface area contributed by atoms with Crippen LogP contribution in [-0.2, 0) is 13.1 Å². The van der Waals surface area contributed by atoms with E-state index in [2.05, 4.69) is 50.5 Å². The highest BCUT2D eigenvalue weighted by molar-refractivity contribution is 5.21. The Kier molecular flexibility index (Phi) is 4.68. The molecule has 0 N–H and O–H groups in total. The molecule has 1 saturated heterocycles. The summed E-state index contributed by atoms with van der Waals surface area (Å²) < 4.78 is 2.15. The van der Waals surface area contributed by atoms with E-state index in [1.165, 1.54) is 24.2 Å². The smallest absolute Gasteiger partial charge is 0.0946 e. The Balaban J connectivity index is 1.41. The average molecular weight is 284 g/mol. The predicted octanol–water partition coefficient (Wildman–Crippen LogP) is 2.01. The van der Waals surface area contributed by atoms with E-state index in [9.17, 15) is 0 Å². The summed E-state index contributed by atoms with van der Waals surface area (Å²) in [5.74, 6) is 0. The molecule has 0 radical (unpaired) electrons. The highest BCUT2D eigenvalue weighted by atomic mass is 15.3. The van der Waals surface area contributed by atoms with Crippen molar-refractivity contribution in [2.45, 2.75) is 20.0 Å². The van der Waals surface area contributed by atoms with Crippen LogP contribution in [-0.4, -0.2) is 52.1 Å². The summed E-state index contributed by atoms with van der Waals surface area (Å²) in [5, 5.41) is 0. The van der Waals surface area contributed by atoms with E-state index >= 15 is 0 Å². The standard InChI is InChI=1S/C17H24N4/c1-16-2-4-17(5-3-16)14-20-11-8-19(9-12-20)10-13-21-7-6-18-15-21/h2-7,15H,8-14H2,1H3. The van der Waals surface area contributed by atoms with Crippen molar-refractivity contribution in [2.75, 3.05) is 32.7 Å². The summed E-state index contributed by atoms with van der Waals surface area (Å²) in [6.07, 6.45) is 5.78. The zero-order chi connectivity index (χ0) is 14.5. The maximum absolute atomic E-state index is 4.09. The van der Waals surface area contributed by atoms with Crippen molar-refractivity contribution in [1.29, 1.82) is 0 Å². The fraction of sp³-hybridized carbons (Fsp3) is 0.471. The molecule has 0 amide bonds. The van der Waals surface area contributed by atoms with Crippen LogP contribution in [0.15, 0.2) is 43.0 Å². The van der Waals surface area contributed by atoms with Gasteiger partial charge in [0, 0.05) is 58.2 Å². The predicted molar refractivity (Wildman–Crippen MR) is 85.1 cm³/mol. The summed E-state index contributed by atoms with van der Waals surface area (Å²) in [4.78, 5) is 9.19. The van der Waals surface area contributed by atoms with Gasteiger partial charge in [-0.3, -0.25) is 9.80 Å². The minimum atomic E-state index is 1.04. The molecule has 2 aromatic rings. The first-order chi connectivity index (χ1) is 10.3.